The first kappa shape index (κ1) is 36.0. The van der Waals surface area contributed by atoms with E-state index in [0.29, 0.717) is 29.3 Å². The zero-order valence-corrected chi connectivity index (χ0v) is 29.5. The van der Waals surface area contributed by atoms with Crippen molar-refractivity contribution in [3.63, 3.8) is 0 Å². The van der Waals surface area contributed by atoms with Crippen LogP contribution in [0.3, 0.4) is 0 Å². The van der Waals surface area contributed by atoms with E-state index in [1.54, 1.807) is 12.1 Å². The highest BCUT2D eigenvalue weighted by molar-refractivity contribution is 6.06. The molecule has 9 N–H and O–H groups in total. The molecule has 4 aromatic heterocycles. The second kappa shape index (κ2) is 15.3. The van der Waals surface area contributed by atoms with Gasteiger partial charge in [0.05, 0.1) is 29.5 Å². The number of carboxylic acid groups (broad SMARTS) is 1. The number of H-pyrrole nitrogens is 1. The van der Waals surface area contributed by atoms with Crippen LogP contribution < -0.4 is 33.0 Å². The largest absolute Gasteiger partial charge is 0.480 e. The van der Waals surface area contributed by atoms with Crippen LogP contribution in [0, 0.1) is 6.92 Å². The summed E-state index contributed by atoms with van der Waals surface area (Å²) in [5.74, 6) is -1.05. The lowest BCUT2D eigenvalue weighted by Gasteiger charge is -2.15. The third kappa shape index (κ3) is 7.99. The zero-order chi connectivity index (χ0) is 38.6. The van der Waals surface area contributed by atoms with Crippen molar-refractivity contribution < 1.29 is 19.5 Å². The van der Waals surface area contributed by atoms with Crippen molar-refractivity contribution in [2.75, 3.05) is 16.8 Å². The van der Waals surface area contributed by atoms with E-state index in [-0.39, 0.29) is 54.5 Å². The van der Waals surface area contributed by atoms with Crippen LogP contribution in [0.5, 0.6) is 0 Å². The molecule has 2 amide bonds. The number of aryl methyl sites for hydroxylation is 1. The number of nitrogen functional groups attached to an aromatic ring is 2. The molecule has 1 unspecified atom stereocenters. The molecule has 0 aliphatic heterocycles. The molecule has 17 heteroatoms. The molecule has 0 aliphatic rings. The number of aromatic nitrogens is 7. The van der Waals surface area contributed by atoms with Crippen molar-refractivity contribution in [1.82, 2.24) is 45.1 Å². The van der Waals surface area contributed by atoms with Gasteiger partial charge >= 0.3 is 5.97 Å². The Morgan fingerprint density at radius 2 is 1.64 bits per heavy atom. The molecule has 0 radical (unpaired) electrons. The number of carbonyl (C=O) groups excluding carboxylic acids is 2. The first-order chi connectivity index (χ1) is 26.5. The highest BCUT2D eigenvalue weighted by Crippen LogP contribution is 2.29. The fourth-order valence-corrected chi connectivity index (χ4v) is 6.16. The Labute approximate surface area is 312 Å². The van der Waals surface area contributed by atoms with Crippen LogP contribution in [0.2, 0.25) is 0 Å². The standard InChI is InChI=1S/C38H36N12O5/c1-20-44-30-32(26-4-2-3-5-27(26)46-33(30)39)50(20)19-22-8-6-21(7-9-22)16-42-29(51)15-14-28(37(54)55)47-35(52)23-10-12-24(13-11-23)41-17-25-18-43-34-31(45-25)36(53)49-38(40)48-34/h2-13,18,28,41H,14-17,19H2,1H3,(H2,39,46)(H,42,51)(H,47,52)(H,54,55)(H3,40,43,48,49,53). The number of anilines is 3. The molecule has 0 aliphatic carbocycles. The minimum Gasteiger partial charge on any atom is -0.480 e. The van der Waals surface area contributed by atoms with Gasteiger partial charge in [0.25, 0.3) is 11.5 Å². The number of rotatable bonds is 13. The van der Waals surface area contributed by atoms with Crippen LogP contribution in [-0.4, -0.2) is 63.4 Å². The molecule has 1 atom stereocenters. The van der Waals surface area contributed by atoms with Crippen LogP contribution in [0.1, 0.15) is 45.8 Å². The molecule has 0 fully saturated rings. The molecular weight excluding hydrogens is 704 g/mol. The van der Waals surface area contributed by atoms with Crippen molar-refractivity contribution in [3.05, 3.63) is 118 Å². The maximum Gasteiger partial charge on any atom is 0.326 e. The highest BCUT2D eigenvalue weighted by Gasteiger charge is 2.22. The highest BCUT2D eigenvalue weighted by atomic mass is 16.4. The number of fused-ring (bicyclic) bond motifs is 4. The van der Waals surface area contributed by atoms with Gasteiger partial charge in [-0.15, -0.1) is 0 Å². The number of hydrogen-bond acceptors (Lipinski definition) is 12. The van der Waals surface area contributed by atoms with E-state index in [1.165, 1.54) is 18.3 Å². The average Bonchev–Trinajstić information content (AvgIpc) is 3.51. The Balaban J connectivity index is 0.888. The van der Waals surface area contributed by atoms with Crippen LogP contribution in [0.4, 0.5) is 17.5 Å². The normalized spacial score (nSPS) is 11.8. The summed E-state index contributed by atoms with van der Waals surface area (Å²) in [7, 11) is 0. The van der Waals surface area contributed by atoms with Gasteiger partial charge < -0.3 is 37.1 Å². The molecule has 0 bridgehead atoms. The van der Waals surface area contributed by atoms with Crippen LogP contribution in [0.25, 0.3) is 33.1 Å². The first-order valence-electron chi connectivity index (χ1n) is 17.3. The Bertz CT molecular complexity index is 2640. The zero-order valence-electron chi connectivity index (χ0n) is 29.5. The quantitative estimate of drug-likeness (QED) is 0.0898. The first-order valence-corrected chi connectivity index (χ1v) is 17.3. The van der Waals surface area contributed by atoms with Gasteiger partial charge in [-0.3, -0.25) is 19.4 Å². The summed E-state index contributed by atoms with van der Waals surface area (Å²) >= 11 is 0. The number of carbonyl (C=O) groups is 3. The fourth-order valence-electron chi connectivity index (χ4n) is 6.16. The molecule has 278 valence electrons. The monoisotopic (exact) mass is 740 g/mol. The van der Waals surface area contributed by atoms with Gasteiger partial charge in [0, 0.05) is 36.1 Å². The number of pyridine rings is 1. The topological polar surface area (TPSA) is 262 Å². The second-order valence-electron chi connectivity index (χ2n) is 12.9. The Morgan fingerprint density at radius 1 is 0.891 bits per heavy atom. The third-order valence-corrected chi connectivity index (χ3v) is 9.02. The number of carboxylic acids is 1. The molecule has 17 nitrogen and oxygen atoms in total. The van der Waals surface area contributed by atoms with Gasteiger partial charge in [-0.05, 0) is 54.8 Å². The number of para-hydroxylation sites is 1. The predicted molar refractivity (Wildman–Crippen MR) is 206 cm³/mol. The van der Waals surface area contributed by atoms with Crippen LogP contribution in [-0.2, 0) is 29.2 Å². The molecule has 4 heterocycles. The van der Waals surface area contributed by atoms with E-state index in [9.17, 15) is 24.3 Å². The van der Waals surface area contributed by atoms with Gasteiger partial charge in [0.15, 0.2) is 17.0 Å². The molecular formula is C38H36N12O5. The number of nitrogens with two attached hydrogens (primary N) is 2. The Hall–Kier alpha value is -7.43. The van der Waals surface area contributed by atoms with E-state index in [1.807, 2.05) is 55.5 Å². The number of amides is 2. The van der Waals surface area contributed by atoms with E-state index in [4.69, 9.17) is 11.5 Å². The smallest absolute Gasteiger partial charge is 0.326 e. The van der Waals surface area contributed by atoms with Crippen LogP contribution in [0.15, 0.2) is 83.8 Å². The van der Waals surface area contributed by atoms with Crippen molar-refractivity contribution in [2.45, 2.75) is 45.4 Å². The number of benzene rings is 3. The van der Waals surface area contributed by atoms with Gasteiger partial charge in [0.1, 0.15) is 17.4 Å². The molecule has 7 aromatic rings. The number of aliphatic carboxylic acids is 1. The lowest BCUT2D eigenvalue weighted by molar-refractivity contribution is -0.139. The van der Waals surface area contributed by atoms with Crippen molar-refractivity contribution in [2.24, 2.45) is 0 Å². The average molecular weight is 741 g/mol. The molecule has 0 spiro atoms. The molecule has 0 saturated heterocycles. The van der Waals surface area contributed by atoms with E-state index in [2.05, 4.69) is 50.4 Å². The number of aromatic amines is 1. The maximum atomic E-state index is 12.9. The summed E-state index contributed by atoms with van der Waals surface area (Å²) in [6.45, 7) is 2.97. The Kier molecular flexibility index (Phi) is 9.98. The van der Waals surface area contributed by atoms with Gasteiger partial charge in [-0.1, -0.05) is 42.5 Å². The van der Waals surface area contributed by atoms with Crippen molar-refractivity contribution >= 4 is 68.3 Å². The summed E-state index contributed by atoms with van der Waals surface area (Å²) in [5.41, 5.74) is 17.1. The number of hydrogen-bond donors (Lipinski definition) is 7. The molecule has 0 saturated carbocycles. The molecule has 55 heavy (non-hydrogen) atoms. The summed E-state index contributed by atoms with van der Waals surface area (Å²) in [6, 6.07) is 20.7. The lowest BCUT2D eigenvalue weighted by Crippen LogP contribution is -2.41. The summed E-state index contributed by atoms with van der Waals surface area (Å²) in [5, 5.41) is 19.2. The summed E-state index contributed by atoms with van der Waals surface area (Å²) in [4.78, 5) is 73.6. The lowest BCUT2D eigenvalue weighted by atomic mass is 10.1. The summed E-state index contributed by atoms with van der Waals surface area (Å²) in [6.07, 6.45) is 1.26. The van der Waals surface area contributed by atoms with E-state index in [0.717, 1.165) is 33.4 Å². The predicted octanol–water partition coefficient (Wildman–Crippen LogP) is 3.02. The second-order valence-corrected chi connectivity index (χ2v) is 12.9. The van der Waals surface area contributed by atoms with E-state index < -0.39 is 23.5 Å². The summed E-state index contributed by atoms with van der Waals surface area (Å²) < 4.78 is 2.11. The molecule has 3 aromatic carbocycles. The minimum absolute atomic E-state index is 0.0529. The van der Waals surface area contributed by atoms with Crippen molar-refractivity contribution in [1.29, 1.82) is 0 Å². The third-order valence-electron chi connectivity index (χ3n) is 9.02. The van der Waals surface area contributed by atoms with Gasteiger partial charge in [-0.25, -0.2) is 24.7 Å². The fraction of sp³-hybridized carbons (Fsp3) is 0.184. The number of nitrogens with one attached hydrogen (secondary N) is 4. The van der Waals surface area contributed by atoms with E-state index >= 15 is 0 Å². The Morgan fingerprint density at radius 3 is 2.40 bits per heavy atom. The number of nitrogens with zero attached hydrogens (tertiary/aromatic N) is 6. The van der Waals surface area contributed by atoms with Gasteiger partial charge in [0.2, 0.25) is 11.9 Å². The minimum atomic E-state index is -1.28. The van der Waals surface area contributed by atoms with Crippen molar-refractivity contribution in [3.8, 4) is 0 Å². The SMILES string of the molecule is Cc1nc2c(N)nc3ccccc3c2n1Cc1ccc(CNC(=O)CCC(NC(=O)c2ccc(NCc3cnc4nc(N)[nH]c(=O)c4n3)cc2)C(=O)O)cc1. The maximum absolute atomic E-state index is 12.9. The molecule has 7 rings (SSSR count). The van der Waals surface area contributed by atoms with Crippen LogP contribution >= 0.6 is 0 Å². The number of imidazole rings is 1. The van der Waals surface area contributed by atoms with Gasteiger partial charge in [-0.2, -0.15) is 4.98 Å².